The zero-order valence-electron chi connectivity index (χ0n) is 19.3. The van der Waals surface area contributed by atoms with E-state index in [1.54, 1.807) is 36.4 Å². The van der Waals surface area contributed by atoms with Crippen LogP contribution in [0.25, 0.3) is 0 Å². The molecule has 4 rings (SSSR count). The molecule has 6 nitrogen and oxygen atoms in total. The molecule has 1 aliphatic heterocycles. The lowest BCUT2D eigenvalue weighted by atomic mass is 10.00. The molecule has 2 N–H and O–H groups in total. The molecule has 3 aromatic rings. The van der Waals surface area contributed by atoms with E-state index in [0.717, 1.165) is 5.56 Å². The zero-order valence-corrected chi connectivity index (χ0v) is 20.1. The van der Waals surface area contributed by atoms with Crippen molar-refractivity contribution < 1.29 is 14.4 Å². The molecule has 0 radical (unpaired) electrons. The number of halogens is 1. The number of hydrogen-bond donors (Lipinski definition) is 2. The lowest BCUT2D eigenvalue weighted by molar-refractivity contribution is -0.132. The smallest absolute Gasteiger partial charge is 0.253 e. The first-order valence-corrected chi connectivity index (χ1v) is 12.1. The average Bonchev–Trinajstić information content (AvgIpc) is 2.90. The predicted octanol–water partition coefficient (Wildman–Crippen LogP) is 4.62. The Hall–Kier alpha value is -3.64. The predicted molar refractivity (Wildman–Crippen MR) is 136 cm³/mol. The van der Waals surface area contributed by atoms with Gasteiger partial charge in [-0.05, 0) is 42.7 Å². The number of nitrogens with one attached hydrogen (secondary N) is 2. The Kier molecular flexibility index (Phi) is 8.16. The minimum atomic E-state index is -0.483. The van der Waals surface area contributed by atoms with Crippen LogP contribution in [0, 0.1) is 0 Å². The molecule has 1 heterocycles. The maximum absolute atomic E-state index is 13.2. The normalized spacial score (nSPS) is 14.7. The first-order valence-electron chi connectivity index (χ1n) is 11.8. The molecule has 3 aromatic carbocycles. The standard InChI is InChI=1S/C28H28ClN3O3/c29-24-14-8-7-13-23(24)28(35)31-25(20-9-3-1-4-10-20)19-26(33)32-17-15-22(16-18-32)30-27(34)21-11-5-2-6-12-21/h1-14,22,25H,15-19H2,(H,30,34)(H,31,35). The van der Waals surface area contributed by atoms with Gasteiger partial charge in [-0.15, -0.1) is 0 Å². The Morgan fingerprint density at radius 2 is 1.43 bits per heavy atom. The summed E-state index contributed by atoms with van der Waals surface area (Å²) in [6, 6.07) is 25.0. The summed E-state index contributed by atoms with van der Waals surface area (Å²) in [5.41, 5.74) is 1.86. The molecule has 1 aliphatic rings. The second-order valence-electron chi connectivity index (χ2n) is 8.62. The second kappa shape index (κ2) is 11.7. The van der Waals surface area contributed by atoms with Crippen LogP contribution in [0.15, 0.2) is 84.9 Å². The third-order valence-electron chi connectivity index (χ3n) is 6.22. The molecule has 180 valence electrons. The van der Waals surface area contributed by atoms with E-state index in [-0.39, 0.29) is 30.2 Å². The SMILES string of the molecule is O=C(NC1CCN(C(=O)CC(NC(=O)c2ccccc2Cl)c2ccccc2)CC1)c1ccccc1. The Bertz CT molecular complexity index is 1160. The summed E-state index contributed by atoms with van der Waals surface area (Å²) in [7, 11) is 0. The van der Waals surface area contributed by atoms with E-state index in [2.05, 4.69) is 10.6 Å². The molecule has 0 aromatic heterocycles. The van der Waals surface area contributed by atoms with Gasteiger partial charge in [0.2, 0.25) is 5.91 Å². The third-order valence-corrected chi connectivity index (χ3v) is 6.55. The number of hydrogen-bond acceptors (Lipinski definition) is 3. The molecule has 1 atom stereocenters. The van der Waals surface area contributed by atoms with Crippen molar-refractivity contribution in [2.45, 2.75) is 31.3 Å². The van der Waals surface area contributed by atoms with Crippen LogP contribution in [0.2, 0.25) is 5.02 Å². The van der Waals surface area contributed by atoms with Crippen molar-refractivity contribution in [2.75, 3.05) is 13.1 Å². The molecule has 35 heavy (non-hydrogen) atoms. The zero-order chi connectivity index (χ0) is 24.6. The van der Waals surface area contributed by atoms with Crippen molar-refractivity contribution in [1.82, 2.24) is 15.5 Å². The fourth-order valence-electron chi connectivity index (χ4n) is 4.25. The van der Waals surface area contributed by atoms with Crippen LogP contribution < -0.4 is 10.6 Å². The minimum Gasteiger partial charge on any atom is -0.349 e. The van der Waals surface area contributed by atoms with Crippen LogP contribution in [-0.4, -0.2) is 41.8 Å². The number of amides is 3. The van der Waals surface area contributed by atoms with Gasteiger partial charge in [-0.3, -0.25) is 14.4 Å². The minimum absolute atomic E-state index is 0.0246. The lowest BCUT2D eigenvalue weighted by Gasteiger charge is -2.33. The van der Waals surface area contributed by atoms with Gasteiger partial charge in [-0.25, -0.2) is 0 Å². The first-order chi connectivity index (χ1) is 17.0. The third kappa shape index (κ3) is 6.49. The van der Waals surface area contributed by atoms with E-state index in [0.29, 0.717) is 42.1 Å². The van der Waals surface area contributed by atoms with Crippen LogP contribution >= 0.6 is 11.6 Å². The van der Waals surface area contributed by atoms with Crippen molar-refractivity contribution in [2.24, 2.45) is 0 Å². The number of piperidine rings is 1. The van der Waals surface area contributed by atoms with Crippen LogP contribution in [-0.2, 0) is 4.79 Å². The van der Waals surface area contributed by atoms with E-state index in [1.165, 1.54) is 0 Å². The Labute approximate surface area is 210 Å². The molecule has 7 heteroatoms. The number of likely N-dealkylation sites (tertiary alicyclic amines) is 1. The van der Waals surface area contributed by atoms with E-state index >= 15 is 0 Å². The van der Waals surface area contributed by atoms with Gasteiger partial charge in [0.25, 0.3) is 11.8 Å². The molecule has 1 saturated heterocycles. The van der Waals surface area contributed by atoms with Gasteiger partial charge >= 0.3 is 0 Å². The van der Waals surface area contributed by atoms with Crippen molar-refractivity contribution >= 4 is 29.3 Å². The monoisotopic (exact) mass is 489 g/mol. The fourth-order valence-corrected chi connectivity index (χ4v) is 4.48. The molecule has 0 aliphatic carbocycles. The number of benzene rings is 3. The lowest BCUT2D eigenvalue weighted by Crippen LogP contribution is -2.47. The summed E-state index contributed by atoms with van der Waals surface area (Å²) in [6.07, 6.45) is 1.51. The van der Waals surface area contributed by atoms with Gasteiger partial charge in [0.05, 0.1) is 23.0 Å². The molecule has 1 fully saturated rings. The maximum Gasteiger partial charge on any atom is 0.253 e. The summed E-state index contributed by atoms with van der Waals surface area (Å²) in [5.74, 6) is -0.451. The summed E-state index contributed by atoms with van der Waals surface area (Å²) in [5, 5.41) is 6.41. The van der Waals surface area contributed by atoms with Gasteiger partial charge in [0.15, 0.2) is 0 Å². The molecule has 0 spiro atoms. The second-order valence-corrected chi connectivity index (χ2v) is 9.02. The molecule has 0 saturated carbocycles. The number of carbonyl (C=O) groups is 3. The summed E-state index contributed by atoms with van der Waals surface area (Å²) in [4.78, 5) is 40.3. The van der Waals surface area contributed by atoms with Crippen molar-refractivity contribution in [3.63, 3.8) is 0 Å². The molecule has 1 unspecified atom stereocenters. The van der Waals surface area contributed by atoms with E-state index in [9.17, 15) is 14.4 Å². The van der Waals surface area contributed by atoms with Gasteiger partial charge in [-0.1, -0.05) is 72.3 Å². The largest absolute Gasteiger partial charge is 0.349 e. The van der Waals surface area contributed by atoms with E-state index in [4.69, 9.17) is 11.6 Å². The van der Waals surface area contributed by atoms with Gasteiger partial charge in [-0.2, -0.15) is 0 Å². The van der Waals surface area contributed by atoms with Crippen molar-refractivity contribution in [1.29, 1.82) is 0 Å². The van der Waals surface area contributed by atoms with Crippen molar-refractivity contribution in [3.8, 4) is 0 Å². The van der Waals surface area contributed by atoms with Crippen molar-refractivity contribution in [3.05, 3.63) is 107 Å². The highest BCUT2D eigenvalue weighted by Crippen LogP contribution is 2.22. The van der Waals surface area contributed by atoms with E-state index in [1.807, 2.05) is 53.4 Å². The number of rotatable bonds is 7. The first kappa shape index (κ1) is 24.5. The molecular formula is C28H28ClN3O3. The average molecular weight is 490 g/mol. The Morgan fingerprint density at radius 3 is 2.09 bits per heavy atom. The van der Waals surface area contributed by atoms with Crippen LogP contribution in [0.1, 0.15) is 51.6 Å². The number of carbonyl (C=O) groups excluding carboxylic acids is 3. The fraction of sp³-hybridized carbons (Fsp3) is 0.250. The van der Waals surface area contributed by atoms with Gasteiger partial charge in [0.1, 0.15) is 0 Å². The van der Waals surface area contributed by atoms with Crippen LogP contribution in [0.3, 0.4) is 0 Å². The highest BCUT2D eigenvalue weighted by Gasteiger charge is 2.27. The molecule has 3 amide bonds. The van der Waals surface area contributed by atoms with E-state index < -0.39 is 6.04 Å². The quantitative estimate of drug-likeness (QED) is 0.508. The molecule has 0 bridgehead atoms. The Morgan fingerprint density at radius 1 is 0.829 bits per heavy atom. The van der Waals surface area contributed by atoms with Crippen LogP contribution in [0.5, 0.6) is 0 Å². The molecular weight excluding hydrogens is 462 g/mol. The topological polar surface area (TPSA) is 78.5 Å². The van der Waals surface area contributed by atoms with Gasteiger partial charge in [0, 0.05) is 24.7 Å². The summed E-state index contributed by atoms with van der Waals surface area (Å²) in [6.45, 7) is 1.11. The highest BCUT2D eigenvalue weighted by molar-refractivity contribution is 6.33. The number of nitrogens with zero attached hydrogens (tertiary/aromatic N) is 1. The van der Waals surface area contributed by atoms with Crippen LogP contribution in [0.4, 0.5) is 0 Å². The summed E-state index contributed by atoms with van der Waals surface area (Å²) >= 11 is 6.20. The maximum atomic E-state index is 13.2. The Balaban J connectivity index is 1.36. The highest BCUT2D eigenvalue weighted by atomic mass is 35.5. The summed E-state index contributed by atoms with van der Waals surface area (Å²) < 4.78 is 0. The van der Waals surface area contributed by atoms with Gasteiger partial charge < -0.3 is 15.5 Å².